The Labute approximate surface area is 124 Å². The number of Topliss-reactive ketones (excluding diaryl/α,β-unsaturated/α-hetero) is 1. The van der Waals surface area contributed by atoms with Gasteiger partial charge in [0.25, 0.3) is 0 Å². The fraction of sp³-hybridized carbons (Fsp3) is 0.467. The normalized spacial score (nSPS) is 12.8. The van der Waals surface area contributed by atoms with Gasteiger partial charge in [-0.3, -0.25) is 9.48 Å². The van der Waals surface area contributed by atoms with Crippen molar-refractivity contribution in [1.29, 1.82) is 0 Å². The average molecular weight is 308 g/mol. The molecule has 2 aromatic rings. The largest absolute Gasteiger partial charge is 0.298 e. The predicted molar refractivity (Wildman–Crippen MR) is 83.0 cm³/mol. The zero-order valence-electron chi connectivity index (χ0n) is 12.8. The Morgan fingerprint density at radius 1 is 1.29 bits per heavy atom. The number of fused-ring (bicyclic) bond motifs is 1. The maximum absolute atomic E-state index is 12.4. The number of carbonyl (C=O) groups is 1. The molecule has 0 bridgehead atoms. The lowest BCUT2D eigenvalue weighted by atomic mass is 10.0. The quantitative estimate of drug-likeness (QED) is 0.847. The number of para-hydroxylation sites is 1. The second-order valence-electron chi connectivity index (χ2n) is 5.66. The molecule has 6 heteroatoms. The van der Waals surface area contributed by atoms with Gasteiger partial charge < -0.3 is 0 Å². The summed E-state index contributed by atoms with van der Waals surface area (Å²) in [5.41, 5.74) is 1.59. The van der Waals surface area contributed by atoms with Gasteiger partial charge in [0.1, 0.15) is 4.75 Å². The molecule has 0 N–H and O–H groups in total. The molecule has 1 aromatic carbocycles. The van der Waals surface area contributed by atoms with E-state index in [0.717, 1.165) is 17.2 Å². The fourth-order valence-corrected chi connectivity index (χ4v) is 2.63. The van der Waals surface area contributed by atoms with Crippen molar-refractivity contribution in [3.05, 3.63) is 30.0 Å². The van der Waals surface area contributed by atoms with Gasteiger partial charge in [-0.1, -0.05) is 18.2 Å². The van der Waals surface area contributed by atoms with Crippen LogP contribution in [0.5, 0.6) is 0 Å². The first-order chi connectivity index (χ1) is 9.68. The summed E-state index contributed by atoms with van der Waals surface area (Å²) in [6.45, 7) is 5.57. The van der Waals surface area contributed by atoms with E-state index in [1.807, 2.05) is 35.9 Å². The van der Waals surface area contributed by atoms with Crippen LogP contribution in [-0.2, 0) is 27.6 Å². The van der Waals surface area contributed by atoms with Crippen LogP contribution in [0.25, 0.3) is 10.9 Å². The van der Waals surface area contributed by atoms with Gasteiger partial charge in [-0.15, -0.1) is 0 Å². The molecule has 0 radical (unpaired) electrons. The first-order valence-electron chi connectivity index (χ1n) is 6.85. The highest BCUT2D eigenvalue weighted by molar-refractivity contribution is 7.92. The molecule has 0 fully saturated rings. The Morgan fingerprint density at radius 2 is 1.90 bits per heavy atom. The van der Waals surface area contributed by atoms with Crippen molar-refractivity contribution in [2.75, 3.05) is 6.26 Å². The summed E-state index contributed by atoms with van der Waals surface area (Å²) in [6.07, 6.45) is 1.11. The molecule has 0 saturated heterocycles. The lowest BCUT2D eigenvalue weighted by Crippen LogP contribution is -2.41. The summed E-state index contributed by atoms with van der Waals surface area (Å²) in [5.74, 6) is -0.337. The SMILES string of the molecule is CCn1nc(CC(=O)C(C)(C)S(C)(=O)=O)c2ccccc21. The third-order valence-electron chi connectivity index (χ3n) is 3.96. The molecule has 0 spiro atoms. The van der Waals surface area contributed by atoms with Gasteiger partial charge in [0, 0.05) is 18.2 Å². The van der Waals surface area contributed by atoms with Gasteiger partial charge in [-0.25, -0.2) is 8.42 Å². The van der Waals surface area contributed by atoms with Gasteiger partial charge in [-0.2, -0.15) is 5.10 Å². The minimum Gasteiger partial charge on any atom is -0.298 e. The fourth-order valence-electron chi connectivity index (χ4n) is 2.14. The van der Waals surface area contributed by atoms with Crippen LogP contribution >= 0.6 is 0 Å². The van der Waals surface area contributed by atoms with E-state index < -0.39 is 14.6 Å². The zero-order valence-corrected chi connectivity index (χ0v) is 13.6. The number of nitrogens with zero attached hydrogens (tertiary/aromatic N) is 2. The molecule has 114 valence electrons. The van der Waals surface area contributed by atoms with E-state index in [1.54, 1.807) is 0 Å². The predicted octanol–water partition coefficient (Wildman–Crippen LogP) is 1.99. The molecule has 2 rings (SSSR count). The molecular formula is C15H20N2O3S. The highest BCUT2D eigenvalue weighted by atomic mass is 32.2. The maximum atomic E-state index is 12.4. The minimum absolute atomic E-state index is 0.0214. The topological polar surface area (TPSA) is 69.0 Å². The molecule has 5 nitrogen and oxygen atoms in total. The first kappa shape index (κ1) is 15.7. The molecule has 21 heavy (non-hydrogen) atoms. The number of hydrogen-bond acceptors (Lipinski definition) is 4. The third kappa shape index (κ3) is 2.72. The lowest BCUT2D eigenvalue weighted by Gasteiger charge is -2.20. The smallest absolute Gasteiger partial charge is 0.159 e. The van der Waals surface area contributed by atoms with Gasteiger partial charge in [-0.05, 0) is 26.8 Å². The molecule has 0 unspecified atom stereocenters. The molecular weight excluding hydrogens is 288 g/mol. The molecule has 0 saturated carbocycles. The van der Waals surface area contributed by atoms with Gasteiger partial charge in [0.2, 0.25) is 0 Å². The summed E-state index contributed by atoms with van der Waals surface area (Å²) in [4.78, 5) is 12.4. The molecule has 1 aromatic heterocycles. The van der Waals surface area contributed by atoms with Crippen LogP contribution in [0.4, 0.5) is 0 Å². The third-order valence-corrected chi connectivity index (χ3v) is 6.04. The van der Waals surface area contributed by atoms with E-state index >= 15 is 0 Å². The summed E-state index contributed by atoms with van der Waals surface area (Å²) >= 11 is 0. The molecule has 0 atom stereocenters. The lowest BCUT2D eigenvalue weighted by molar-refractivity contribution is -0.120. The van der Waals surface area contributed by atoms with Crippen LogP contribution < -0.4 is 0 Å². The Kier molecular flexibility index (Phi) is 3.93. The van der Waals surface area contributed by atoms with Crippen molar-refractivity contribution >= 4 is 26.5 Å². The molecule has 0 amide bonds. The second kappa shape index (κ2) is 5.26. The zero-order chi connectivity index (χ0) is 15.8. The number of carbonyl (C=O) groups excluding carboxylic acids is 1. The summed E-state index contributed by atoms with van der Waals surface area (Å²) in [7, 11) is -3.46. The summed E-state index contributed by atoms with van der Waals surface area (Å²) < 4.78 is 24.0. The number of aromatic nitrogens is 2. The average Bonchev–Trinajstić information content (AvgIpc) is 2.76. The van der Waals surface area contributed by atoms with Crippen LogP contribution in [0.1, 0.15) is 26.5 Å². The van der Waals surface area contributed by atoms with Gasteiger partial charge in [0.05, 0.1) is 17.6 Å². The van der Waals surface area contributed by atoms with Crippen LogP contribution in [0, 0.1) is 0 Å². The number of rotatable bonds is 5. The van der Waals surface area contributed by atoms with Gasteiger partial charge >= 0.3 is 0 Å². The molecule has 0 aliphatic rings. The van der Waals surface area contributed by atoms with E-state index in [-0.39, 0.29) is 12.2 Å². The second-order valence-corrected chi connectivity index (χ2v) is 8.23. The van der Waals surface area contributed by atoms with Crippen LogP contribution in [0.3, 0.4) is 0 Å². The van der Waals surface area contributed by atoms with E-state index in [1.165, 1.54) is 13.8 Å². The van der Waals surface area contributed by atoms with Crippen molar-refractivity contribution < 1.29 is 13.2 Å². The van der Waals surface area contributed by atoms with Crippen molar-refractivity contribution in [3.63, 3.8) is 0 Å². The Hall–Kier alpha value is -1.69. The number of sulfone groups is 1. The van der Waals surface area contributed by atoms with E-state index in [0.29, 0.717) is 12.2 Å². The standard InChI is InChI=1S/C15H20N2O3S/c1-5-17-13-9-7-6-8-11(13)12(16-17)10-14(18)15(2,3)21(4,19)20/h6-9H,5,10H2,1-4H3. The van der Waals surface area contributed by atoms with E-state index in [4.69, 9.17) is 0 Å². The maximum Gasteiger partial charge on any atom is 0.159 e. The van der Waals surface area contributed by atoms with Crippen molar-refractivity contribution in [2.24, 2.45) is 0 Å². The highest BCUT2D eigenvalue weighted by Gasteiger charge is 2.38. The first-order valence-corrected chi connectivity index (χ1v) is 8.75. The number of benzene rings is 1. The number of aryl methyl sites for hydroxylation is 1. The molecule has 0 aliphatic heterocycles. The van der Waals surface area contributed by atoms with Crippen LogP contribution in [0.15, 0.2) is 24.3 Å². The summed E-state index contributed by atoms with van der Waals surface area (Å²) in [6, 6.07) is 7.66. The Balaban J connectivity index is 2.43. The van der Waals surface area contributed by atoms with E-state index in [9.17, 15) is 13.2 Å². The number of ketones is 1. The van der Waals surface area contributed by atoms with Gasteiger partial charge in [0.15, 0.2) is 15.6 Å². The van der Waals surface area contributed by atoms with Crippen LogP contribution in [0.2, 0.25) is 0 Å². The van der Waals surface area contributed by atoms with Crippen molar-refractivity contribution in [1.82, 2.24) is 9.78 Å². The highest BCUT2D eigenvalue weighted by Crippen LogP contribution is 2.23. The molecule has 1 heterocycles. The summed E-state index contributed by atoms with van der Waals surface area (Å²) in [5, 5.41) is 5.34. The Bertz CT molecular complexity index is 788. The van der Waals surface area contributed by atoms with E-state index in [2.05, 4.69) is 5.10 Å². The molecule has 0 aliphatic carbocycles. The monoisotopic (exact) mass is 308 g/mol. The minimum atomic E-state index is -3.46. The van der Waals surface area contributed by atoms with Crippen molar-refractivity contribution in [2.45, 2.75) is 38.5 Å². The number of hydrogen-bond donors (Lipinski definition) is 0. The Morgan fingerprint density at radius 3 is 2.48 bits per heavy atom. The van der Waals surface area contributed by atoms with Crippen LogP contribution in [-0.4, -0.2) is 35.0 Å². The van der Waals surface area contributed by atoms with Crippen molar-refractivity contribution in [3.8, 4) is 0 Å².